The first-order valence-electron chi connectivity index (χ1n) is 6.97. The average Bonchev–Trinajstić information content (AvgIpc) is 2.87. The molecule has 0 radical (unpaired) electrons. The standard InChI is InChI=1S/C16H14F2N4S/c1-10-7-11(2)22(21-10)15-5-6-16(20-19-15)23-9-12-8-13(17)3-4-14(12)18/h3-8H,9H2,1-2H3. The molecule has 0 aliphatic rings. The molecule has 0 unspecified atom stereocenters. The maximum Gasteiger partial charge on any atom is 0.175 e. The zero-order chi connectivity index (χ0) is 16.4. The zero-order valence-electron chi connectivity index (χ0n) is 12.6. The SMILES string of the molecule is Cc1cc(C)n(-c2ccc(SCc3cc(F)ccc3F)nn2)n1. The molecule has 0 aliphatic carbocycles. The van der Waals surface area contributed by atoms with E-state index in [1.165, 1.54) is 17.8 Å². The van der Waals surface area contributed by atoms with Crippen molar-refractivity contribution in [1.29, 1.82) is 0 Å². The zero-order valence-corrected chi connectivity index (χ0v) is 13.4. The van der Waals surface area contributed by atoms with E-state index < -0.39 is 11.6 Å². The van der Waals surface area contributed by atoms with Gasteiger partial charge in [-0.15, -0.1) is 10.2 Å². The third kappa shape index (κ3) is 3.56. The van der Waals surface area contributed by atoms with Crippen LogP contribution in [0, 0.1) is 25.5 Å². The first kappa shape index (κ1) is 15.6. The predicted molar refractivity (Wildman–Crippen MR) is 84.5 cm³/mol. The van der Waals surface area contributed by atoms with Gasteiger partial charge in [0.15, 0.2) is 5.82 Å². The summed E-state index contributed by atoms with van der Waals surface area (Å²) >= 11 is 1.30. The Labute approximate surface area is 136 Å². The molecule has 0 N–H and O–H groups in total. The lowest BCUT2D eigenvalue weighted by atomic mass is 10.2. The molecule has 2 aromatic heterocycles. The second-order valence-electron chi connectivity index (χ2n) is 5.09. The molecular weight excluding hydrogens is 318 g/mol. The van der Waals surface area contributed by atoms with E-state index in [1.807, 2.05) is 19.9 Å². The van der Waals surface area contributed by atoms with Crippen LogP contribution in [0.15, 0.2) is 41.4 Å². The Morgan fingerprint density at radius 3 is 2.52 bits per heavy atom. The molecule has 3 rings (SSSR count). The van der Waals surface area contributed by atoms with Gasteiger partial charge in [-0.2, -0.15) is 5.10 Å². The van der Waals surface area contributed by atoms with Crippen LogP contribution < -0.4 is 0 Å². The van der Waals surface area contributed by atoms with E-state index in [2.05, 4.69) is 15.3 Å². The van der Waals surface area contributed by atoms with Gasteiger partial charge in [-0.3, -0.25) is 0 Å². The van der Waals surface area contributed by atoms with Crippen molar-refractivity contribution in [1.82, 2.24) is 20.0 Å². The van der Waals surface area contributed by atoms with Crippen molar-refractivity contribution in [2.24, 2.45) is 0 Å². The van der Waals surface area contributed by atoms with E-state index >= 15 is 0 Å². The monoisotopic (exact) mass is 332 g/mol. The van der Waals surface area contributed by atoms with E-state index in [0.29, 0.717) is 16.4 Å². The minimum absolute atomic E-state index is 0.289. The number of rotatable bonds is 4. The lowest BCUT2D eigenvalue weighted by Gasteiger charge is -2.05. The molecule has 1 aromatic carbocycles. The van der Waals surface area contributed by atoms with Crippen molar-refractivity contribution in [2.75, 3.05) is 0 Å². The van der Waals surface area contributed by atoms with E-state index in [9.17, 15) is 8.78 Å². The van der Waals surface area contributed by atoms with Gasteiger partial charge in [-0.1, -0.05) is 11.8 Å². The van der Waals surface area contributed by atoms with Crippen LogP contribution in [-0.2, 0) is 5.75 Å². The van der Waals surface area contributed by atoms with Gasteiger partial charge >= 0.3 is 0 Å². The summed E-state index contributed by atoms with van der Waals surface area (Å²) in [6.45, 7) is 3.85. The Balaban J connectivity index is 1.73. The van der Waals surface area contributed by atoms with Crippen molar-refractivity contribution in [3.8, 4) is 5.82 Å². The molecule has 118 valence electrons. The smallest absolute Gasteiger partial charge is 0.175 e. The Bertz CT molecular complexity index is 831. The Hall–Kier alpha value is -2.28. The number of aryl methyl sites for hydroxylation is 2. The van der Waals surface area contributed by atoms with Gasteiger partial charge in [0.05, 0.1) is 5.69 Å². The third-order valence-electron chi connectivity index (χ3n) is 3.24. The van der Waals surface area contributed by atoms with Gasteiger partial charge in [0.1, 0.15) is 16.7 Å². The second kappa shape index (κ2) is 6.45. The third-order valence-corrected chi connectivity index (χ3v) is 4.20. The highest BCUT2D eigenvalue weighted by atomic mass is 32.2. The van der Waals surface area contributed by atoms with Crippen molar-refractivity contribution in [2.45, 2.75) is 24.6 Å². The van der Waals surface area contributed by atoms with Gasteiger partial charge in [0.25, 0.3) is 0 Å². The molecule has 0 amide bonds. The largest absolute Gasteiger partial charge is 0.218 e. The molecule has 0 bridgehead atoms. The van der Waals surface area contributed by atoms with E-state index in [-0.39, 0.29) is 5.75 Å². The Morgan fingerprint density at radius 2 is 1.87 bits per heavy atom. The predicted octanol–water partition coefficient (Wildman–Crippen LogP) is 3.85. The first-order chi connectivity index (χ1) is 11.0. The highest BCUT2D eigenvalue weighted by Gasteiger charge is 2.08. The molecule has 23 heavy (non-hydrogen) atoms. The van der Waals surface area contributed by atoms with Crippen LogP contribution in [0.2, 0.25) is 0 Å². The Morgan fingerprint density at radius 1 is 1.04 bits per heavy atom. The number of thioether (sulfide) groups is 1. The second-order valence-corrected chi connectivity index (χ2v) is 6.09. The van der Waals surface area contributed by atoms with E-state index in [1.54, 1.807) is 16.8 Å². The summed E-state index contributed by atoms with van der Waals surface area (Å²) in [7, 11) is 0. The van der Waals surface area contributed by atoms with Crippen LogP contribution in [0.25, 0.3) is 5.82 Å². The van der Waals surface area contributed by atoms with E-state index in [0.717, 1.165) is 23.5 Å². The summed E-state index contributed by atoms with van der Waals surface area (Å²) in [5, 5.41) is 13.2. The quantitative estimate of drug-likeness (QED) is 0.681. The molecule has 2 heterocycles. The minimum Gasteiger partial charge on any atom is -0.218 e. The number of aromatic nitrogens is 4. The molecule has 0 aliphatic heterocycles. The maximum absolute atomic E-state index is 13.6. The average molecular weight is 332 g/mol. The summed E-state index contributed by atoms with van der Waals surface area (Å²) in [5.41, 5.74) is 2.18. The van der Waals surface area contributed by atoms with Gasteiger partial charge < -0.3 is 0 Å². The molecule has 0 spiro atoms. The van der Waals surface area contributed by atoms with Gasteiger partial charge in [0, 0.05) is 17.0 Å². The van der Waals surface area contributed by atoms with Crippen LogP contribution in [0.1, 0.15) is 17.0 Å². The lowest BCUT2D eigenvalue weighted by Crippen LogP contribution is -2.03. The topological polar surface area (TPSA) is 43.6 Å². The molecule has 0 saturated heterocycles. The fraction of sp³-hybridized carbons (Fsp3) is 0.188. The van der Waals surface area contributed by atoms with Crippen molar-refractivity contribution in [3.05, 3.63) is 65.0 Å². The summed E-state index contributed by atoms with van der Waals surface area (Å²) in [5.74, 6) is 0.0355. The molecule has 7 heteroatoms. The Kier molecular flexibility index (Phi) is 4.38. The van der Waals surface area contributed by atoms with Crippen LogP contribution in [-0.4, -0.2) is 20.0 Å². The highest BCUT2D eigenvalue weighted by Crippen LogP contribution is 2.23. The van der Waals surface area contributed by atoms with Crippen molar-refractivity contribution >= 4 is 11.8 Å². The highest BCUT2D eigenvalue weighted by molar-refractivity contribution is 7.98. The molecule has 0 fully saturated rings. The van der Waals surface area contributed by atoms with Crippen LogP contribution in [0.5, 0.6) is 0 Å². The fourth-order valence-corrected chi connectivity index (χ4v) is 2.96. The number of nitrogens with zero attached hydrogens (tertiary/aromatic N) is 4. The van der Waals surface area contributed by atoms with Gasteiger partial charge in [0.2, 0.25) is 0 Å². The number of hydrogen-bond acceptors (Lipinski definition) is 4. The summed E-state index contributed by atoms with van der Waals surface area (Å²) in [4.78, 5) is 0. The minimum atomic E-state index is -0.451. The molecule has 0 atom stereocenters. The van der Waals surface area contributed by atoms with Gasteiger partial charge in [-0.25, -0.2) is 13.5 Å². The molecule has 3 aromatic rings. The summed E-state index contributed by atoms with van der Waals surface area (Å²) < 4.78 is 28.4. The lowest BCUT2D eigenvalue weighted by molar-refractivity contribution is 0.591. The van der Waals surface area contributed by atoms with Crippen LogP contribution >= 0.6 is 11.8 Å². The molecule has 0 saturated carbocycles. The van der Waals surface area contributed by atoms with Crippen molar-refractivity contribution < 1.29 is 8.78 Å². The van der Waals surface area contributed by atoms with E-state index in [4.69, 9.17) is 0 Å². The maximum atomic E-state index is 13.6. The van der Waals surface area contributed by atoms with Gasteiger partial charge in [-0.05, 0) is 50.2 Å². The van der Waals surface area contributed by atoms with Crippen LogP contribution in [0.4, 0.5) is 8.78 Å². The van der Waals surface area contributed by atoms with Crippen molar-refractivity contribution in [3.63, 3.8) is 0 Å². The summed E-state index contributed by atoms with van der Waals surface area (Å²) in [6.07, 6.45) is 0. The molecule has 4 nitrogen and oxygen atoms in total. The van der Waals surface area contributed by atoms with Crippen LogP contribution in [0.3, 0.4) is 0 Å². The number of hydrogen-bond donors (Lipinski definition) is 0. The molecular formula is C16H14F2N4S. The summed E-state index contributed by atoms with van der Waals surface area (Å²) in [6, 6.07) is 8.98. The number of halogens is 2. The first-order valence-corrected chi connectivity index (χ1v) is 7.95. The fourth-order valence-electron chi connectivity index (χ4n) is 2.17. The number of benzene rings is 1. The normalized spacial score (nSPS) is 11.0.